The Labute approximate surface area is 114 Å². The van der Waals surface area contributed by atoms with Crippen LogP contribution >= 0.6 is 0 Å². The lowest BCUT2D eigenvalue weighted by Crippen LogP contribution is -1.97. The highest BCUT2D eigenvalue weighted by molar-refractivity contribution is 5.43. The summed E-state index contributed by atoms with van der Waals surface area (Å²) in [6, 6.07) is 12.6. The molecule has 0 radical (unpaired) electrons. The van der Waals surface area contributed by atoms with Crippen LogP contribution in [0, 0.1) is 6.92 Å². The number of benzene rings is 2. The Bertz CT molecular complexity index is 604. The van der Waals surface area contributed by atoms with E-state index in [9.17, 15) is 0 Å². The van der Waals surface area contributed by atoms with Gasteiger partial charge in [0.2, 0.25) is 0 Å². The average molecular weight is 253 g/mol. The molecule has 0 bridgehead atoms. The fourth-order valence-corrected chi connectivity index (χ4v) is 2.69. The fraction of sp³-hybridized carbons (Fsp3) is 0.294. The van der Waals surface area contributed by atoms with Crippen molar-refractivity contribution in [1.82, 2.24) is 0 Å². The molecule has 0 fully saturated rings. The van der Waals surface area contributed by atoms with Crippen molar-refractivity contribution in [3.63, 3.8) is 0 Å². The van der Waals surface area contributed by atoms with E-state index in [1.54, 1.807) is 0 Å². The van der Waals surface area contributed by atoms with Gasteiger partial charge in [-0.3, -0.25) is 0 Å². The zero-order valence-electron chi connectivity index (χ0n) is 11.3. The molecule has 2 heteroatoms. The molecule has 0 saturated carbocycles. The van der Waals surface area contributed by atoms with E-state index in [0.29, 0.717) is 6.54 Å². The standard InChI is InChI=1S/C17H19NO/c1-12-9-13(11-18)5-8-17(12)19-16-7-6-14-3-2-4-15(14)10-16/h5-10H,2-4,11,18H2,1H3. The van der Waals surface area contributed by atoms with Crippen LogP contribution in [-0.4, -0.2) is 0 Å². The molecule has 2 nitrogen and oxygen atoms in total. The summed E-state index contributed by atoms with van der Waals surface area (Å²) in [5, 5.41) is 0. The fourth-order valence-electron chi connectivity index (χ4n) is 2.69. The summed E-state index contributed by atoms with van der Waals surface area (Å²) in [6.07, 6.45) is 3.65. The molecule has 1 aliphatic rings. The lowest BCUT2D eigenvalue weighted by atomic mass is 10.1. The smallest absolute Gasteiger partial charge is 0.130 e. The summed E-state index contributed by atoms with van der Waals surface area (Å²) >= 11 is 0. The first-order chi connectivity index (χ1) is 9.26. The molecule has 0 atom stereocenters. The van der Waals surface area contributed by atoms with Crippen LogP contribution in [-0.2, 0) is 19.4 Å². The van der Waals surface area contributed by atoms with E-state index < -0.39 is 0 Å². The lowest BCUT2D eigenvalue weighted by Gasteiger charge is -2.11. The minimum Gasteiger partial charge on any atom is -0.457 e. The third-order valence-corrected chi connectivity index (χ3v) is 3.77. The van der Waals surface area contributed by atoms with Crippen molar-refractivity contribution in [3.05, 3.63) is 58.7 Å². The van der Waals surface area contributed by atoms with E-state index in [4.69, 9.17) is 10.5 Å². The second-order valence-electron chi connectivity index (χ2n) is 5.19. The van der Waals surface area contributed by atoms with Crippen LogP contribution in [0.3, 0.4) is 0 Å². The highest BCUT2D eigenvalue weighted by atomic mass is 16.5. The quantitative estimate of drug-likeness (QED) is 0.904. The maximum Gasteiger partial charge on any atom is 0.130 e. The first-order valence-corrected chi connectivity index (χ1v) is 6.85. The second kappa shape index (κ2) is 5.06. The van der Waals surface area contributed by atoms with Crippen molar-refractivity contribution in [1.29, 1.82) is 0 Å². The number of hydrogen-bond acceptors (Lipinski definition) is 2. The van der Waals surface area contributed by atoms with Crippen LogP contribution in [0.25, 0.3) is 0 Å². The van der Waals surface area contributed by atoms with Crippen molar-refractivity contribution in [2.75, 3.05) is 0 Å². The molecule has 19 heavy (non-hydrogen) atoms. The van der Waals surface area contributed by atoms with Crippen molar-refractivity contribution in [2.24, 2.45) is 5.73 Å². The molecule has 0 aliphatic heterocycles. The first-order valence-electron chi connectivity index (χ1n) is 6.85. The molecule has 0 spiro atoms. The zero-order chi connectivity index (χ0) is 13.2. The lowest BCUT2D eigenvalue weighted by molar-refractivity contribution is 0.478. The molecule has 0 aromatic heterocycles. The van der Waals surface area contributed by atoms with Crippen LogP contribution in [0.5, 0.6) is 11.5 Å². The summed E-state index contributed by atoms with van der Waals surface area (Å²) in [5.41, 5.74) is 10.8. The van der Waals surface area contributed by atoms with Crippen LogP contribution in [0.1, 0.15) is 28.7 Å². The Balaban J connectivity index is 1.85. The number of rotatable bonds is 3. The number of aryl methyl sites for hydroxylation is 3. The summed E-state index contributed by atoms with van der Waals surface area (Å²) in [6.45, 7) is 2.63. The van der Waals surface area contributed by atoms with Gasteiger partial charge in [0.25, 0.3) is 0 Å². The normalized spacial score (nSPS) is 13.4. The maximum atomic E-state index is 5.99. The van der Waals surface area contributed by atoms with Crippen LogP contribution in [0.15, 0.2) is 36.4 Å². The maximum absolute atomic E-state index is 5.99. The van der Waals surface area contributed by atoms with Crippen LogP contribution < -0.4 is 10.5 Å². The van der Waals surface area contributed by atoms with Crippen LogP contribution in [0.2, 0.25) is 0 Å². The van der Waals surface area contributed by atoms with Gasteiger partial charge in [-0.2, -0.15) is 0 Å². The molecule has 2 aromatic carbocycles. The van der Waals surface area contributed by atoms with E-state index >= 15 is 0 Å². The number of ether oxygens (including phenoxy) is 1. The summed E-state index contributed by atoms with van der Waals surface area (Å²) < 4.78 is 5.99. The van der Waals surface area contributed by atoms with Gasteiger partial charge < -0.3 is 10.5 Å². The minimum absolute atomic E-state index is 0.569. The monoisotopic (exact) mass is 253 g/mol. The summed E-state index contributed by atoms with van der Waals surface area (Å²) in [4.78, 5) is 0. The van der Waals surface area contributed by atoms with E-state index in [2.05, 4.69) is 31.2 Å². The molecule has 2 aromatic rings. The first kappa shape index (κ1) is 12.2. The van der Waals surface area contributed by atoms with Gasteiger partial charge in [0, 0.05) is 6.54 Å². The van der Waals surface area contributed by atoms with E-state index in [0.717, 1.165) is 22.6 Å². The van der Waals surface area contributed by atoms with Gasteiger partial charge in [-0.25, -0.2) is 0 Å². The predicted octanol–water partition coefficient (Wildman–Crippen LogP) is 3.73. The Morgan fingerprint density at radius 3 is 2.68 bits per heavy atom. The molecule has 0 heterocycles. The molecule has 3 rings (SSSR count). The largest absolute Gasteiger partial charge is 0.457 e. The van der Waals surface area contributed by atoms with Gasteiger partial charge in [-0.05, 0) is 66.6 Å². The Morgan fingerprint density at radius 2 is 1.89 bits per heavy atom. The third kappa shape index (κ3) is 2.49. The Hall–Kier alpha value is -1.80. The van der Waals surface area contributed by atoms with Gasteiger partial charge in [0.05, 0.1) is 0 Å². The van der Waals surface area contributed by atoms with Gasteiger partial charge in [0.1, 0.15) is 11.5 Å². The number of fused-ring (bicyclic) bond motifs is 1. The number of hydrogen-bond donors (Lipinski definition) is 1. The highest BCUT2D eigenvalue weighted by Crippen LogP contribution is 2.30. The van der Waals surface area contributed by atoms with E-state index in [-0.39, 0.29) is 0 Å². The minimum atomic E-state index is 0.569. The van der Waals surface area contributed by atoms with Gasteiger partial charge in [-0.1, -0.05) is 18.2 Å². The van der Waals surface area contributed by atoms with Gasteiger partial charge >= 0.3 is 0 Å². The highest BCUT2D eigenvalue weighted by Gasteiger charge is 2.12. The molecule has 0 amide bonds. The predicted molar refractivity (Wildman–Crippen MR) is 77.6 cm³/mol. The summed E-state index contributed by atoms with van der Waals surface area (Å²) in [5.74, 6) is 1.85. The molecular formula is C17H19NO. The molecule has 98 valence electrons. The third-order valence-electron chi connectivity index (χ3n) is 3.77. The van der Waals surface area contributed by atoms with E-state index in [1.165, 1.54) is 30.4 Å². The van der Waals surface area contributed by atoms with E-state index in [1.807, 2.05) is 12.1 Å². The average Bonchev–Trinajstić information content (AvgIpc) is 2.88. The molecular weight excluding hydrogens is 234 g/mol. The SMILES string of the molecule is Cc1cc(CN)ccc1Oc1ccc2c(c1)CCC2. The van der Waals surface area contributed by atoms with Crippen molar-refractivity contribution >= 4 is 0 Å². The Kier molecular flexibility index (Phi) is 3.26. The second-order valence-corrected chi connectivity index (χ2v) is 5.19. The topological polar surface area (TPSA) is 35.2 Å². The zero-order valence-corrected chi connectivity index (χ0v) is 11.3. The molecule has 2 N–H and O–H groups in total. The van der Waals surface area contributed by atoms with Crippen molar-refractivity contribution in [3.8, 4) is 11.5 Å². The van der Waals surface area contributed by atoms with Crippen molar-refractivity contribution in [2.45, 2.75) is 32.7 Å². The Morgan fingerprint density at radius 1 is 1.05 bits per heavy atom. The molecule has 1 aliphatic carbocycles. The number of nitrogens with two attached hydrogens (primary N) is 1. The molecule has 0 saturated heterocycles. The van der Waals surface area contributed by atoms with Gasteiger partial charge in [-0.15, -0.1) is 0 Å². The van der Waals surface area contributed by atoms with Gasteiger partial charge in [0.15, 0.2) is 0 Å². The van der Waals surface area contributed by atoms with Crippen molar-refractivity contribution < 1.29 is 4.74 Å². The summed E-state index contributed by atoms with van der Waals surface area (Å²) in [7, 11) is 0. The van der Waals surface area contributed by atoms with Crippen LogP contribution in [0.4, 0.5) is 0 Å². The molecule has 0 unspecified atom stereocenters.